The first-order valence-corrected chi connectivity index (χ1v) is 13.1. The topological polar surface area (TPSA) is 93.0 Å². The first-order valence-electron chi connectivity index (χ1n) is 12.2. The van der Waals surface area contributed by atoms with Gasteiger partial charge in [-0.25, -0.2) is 4.39 Å². The highest BCUT2D eigenvalue weighted by molar-refractivity contribution is 7.13. The highest BCUT2D eigenvalue weighted by Gasteiger charge is 2.34. The van der Waals surface area contributed by atoms with Gasteiger partial charge in [-0.2, -0.15) is 4.80 Å². The van der Waals surface area contributed by atoms with Crippen LogP contribution in [0.5, 0.6) is 0 Å². The van der Waals surface area contributed by atoms with Crippen molar-refractivity contribution < 1.29 is 14.0 Å². The van der Waals surface area contributed by atoms with Gasteiger partial charge in [0.15, 0.2) is 0 Å². The second-order valence-corrected chi connectivity index (χ2v) is 10.1. The monoisotopic (exact) mass is 518 g/mol. The molecule has 0 radical (unpaired) electrons. The lowest BCUT2D eigenvalue weighted by Crippen LogP contribution is -2.47. The summed E-state index contributed by atoms with van der Waals surface area (Å²) in [5, 5.41) is 17.5. The van der Waals surface area contributed by atoms with Gasteiger partial charge in [-0.3, -0.25) is 14.5 Å². The highest BCUT2D eigenvalue weighted by Crippen LogP contribution is 2.30. The molecule has 1 N–H and O–H groups in total. The van der Waals surface area contributed by atoms with Crippen molar-refractivity contribution in [2.75, 3.05) is 4.90 Å². The Morgan fingerprint density at radius 3 is 2.51 bits per heavy atom. The standard InChI is InChI=1S/C27H27FN6O2S/c1-18-8-14-22(15-9-18)34(24(35)17-33-31-26(30-32-33)23-7-4-16-37-23)25(19-10-12-20(28)13-11-19)27(36)29-21-5-2-3-6-21/h4,7-16,21,25H,2-3,5-6,17H2,1H3,(H,29,36)/t25-/m1/s1. The number of thiophene rings is 1. The number of hydrogen-bond donors (Lipinski definition) is 1. The van der Waals surface area contributed by atoms with Crippen LogP contribution in [0.2, 0.25) is 0 Å². The first kappa shape index (κ1) is 24.8. The summed E-state index contributed by atoms with van der Waals surface area (Å²) < 4.78 is 13.8. The molecule has 37 heavy (non-hydrogen) atoms. The molecule has 4 aromatic rings. The van der Waals surface area contributed by atoms with Crippen LogP contribution in [0.1, 0.15) is 42.9 Å². The Morgan fingerprint density at radius 1 is 1.11 bits per heavy atom. The molecule has 0 spiro atoms. The van der Waals surface area contributed by atoms with Gasteiger partial charge < -0.3 is 5.32 Å². The van der Waals surface area contributed by atoms with Crippen molar-refractivity contribution in [2.45, 2.75) is 51.2 Å². The molecule has 2 heterocycles. The van der Waals surface area contributed by atoms with Crippen LogP contribution in [0.15, 0.2) is 66.0 Å². The zero-order valence-corrected chi connectivity index (χ0v) is 21.2. The quantitative estimate of drug-likeness (QED) is 0.366. The molecule has 2 amide bonds. The summed E-state index contributed by atoms with van der Waals surface area (Å²) in [6, 6.07) is 15.9. The Bertz CT molecular complexity index is 1350. The number of aromatic nitrogens is 4. The van der Waals surface area contributed by atoms with E-state index in [0.717, 1.165) is 36.1 Å². The number of nitrogens with zero attached hydrogens (tertiary/aromatic N) is 5. The van der Waals surface area contributed by atoms with Crippen LogP contribution in [0.25, 0.3) is 10.7 Å². The van der Waals surface area contributed by atoms with Gasteiger partial charge in [0.2, 0.25) is 11.7 Å². The third-order valence-electron chi connectivity index (χ3n) is 6.45. The van der Waals surface area contributed by atoms with Crippen molar-refractivity contribution in [3.05, 3.63) is 83.0 Å². The van der Waals surface area contributed by atoms with E-state index in [-0.39, 0.29) is 18.5 Å². The molecule has 0 bridgehead atoms. The van der Waals surface area contributed by atoms with Crippen LogP contribution in [-0.4, -0.2) is 38.1 Å². The average molecular weight is 519 g/mol. The molecule has 190 valence electrons. The molecule has 8 nitrogen and oxygen atoms in total. The maximum absolute atomic E-state index is 13.9. The van der Waals surface area contributed by atoms with Crippen molar-refractivity contribution in [2.24, 2.45) is 0 Å². The molecule has 2 aromatic carbocycles. The van der Waals surface area contributed by atoms with Crippen LogP contribution >= 0.6 is 11.3 Å². The van der Waals surface area contributed by atoms with Crippen LogP contribution in [0.4, 0.5) is 10.1 Å². The smallest absolute Gasteiger partial charge is 0.251 e. The predicted molar refractivity (Wildman–Crippen MR) is 139 cm³/mol. The van der Waals surface area contributed by atoms with Crippen molar-refractivity contribution in [1.29, 1.82) is 0 Å². The van der Waals surface area contributed by atoms with Gasteiger partial charge in [0, 0.05) is 11.7 Å². The number of anilines is 1. The van der Waals surface area contributed by atoms with E-state index < -0.39 is 17.8 Å². The lowest BCUT2D eigenvalue weighted by molar-refractivity contribution is -0.127. The molecule has 0 saturated heterocycles. The second kappa shape index (κ2) is 11.0. The number of halogens is 1. The van der Waals surface area contributed by atoms with E-state index >= 15 is 0 Å². The van der Waals surface area contributed by atoms with Gasteiger partial charge >= 0.3 is 0 Å². The van der Waals surface area contributed by atoms with Gasteiger partial charge in [0.1, 0.15) is 18.4 Å². The maximum Gasteiger partial charge on any atom is 0.251 e. The Labute approximate surface area is 218 Å². The van der Waals surface area contributed by atoms with E-state index in [1.807, 2.05) is 36.6 Å². The summed E-state index contributed by atoms with van der Waals surface area (Å²) in [6.07, 6.45) is 3.90. The van der Waals surface area contributed by atoms with Crippen molar-refractivity contribution in [3.8, 4) is 10.7 Å². The normalized spacial score (nSPS) is 14.4. The van der Waals surface area contributed by atoms with Gasteiger partial charge in [-0.05, 0) is 66.3 Å². The highest BCUT2D eigenvalue weighted by atomic mass is 32.1. The van der Waals surface area contributed by atoms with Gasteiger partial charge in [-0.1, -0.05) is 48.7 Å². The van der Waals surface area contributed by atoms with Crippen LogP contribution < -0.4 is 10.2 Å². The number of carbonyl (C=O) groups excluding carboxylic acids is 2. The van der Waals surface area contributed by atoms with Crippen LogP contribution in [0.3, 0.4) is 0 Å². The van der Waals surface area contributed by atoms with Gasteiger partial charge in [0.05, 0.1) is 4.88 Å². The summed E-state index contributed by atoms with van der Waals surface area (Å²) >= 11 is 1.48. The molecule has 1 aliphatic carbocycles. The molecule has 10 heteroatoms. The van der Waals surface area contributed by atoms with Crippen LogP contribution in [0, 0.1) is 12.7 Å². The summed E-state index contributed by atoms with van der Waals surface area (Å²) in [7, 11) is 0. The number of tetrazole rings is 1. The second-order valence-electron chi connectivity index (χ2n) is 9.16. The Hall–Kier alpha value is -3.92. The Morgan fingerprint density at radius 2 is 1.84 bits per heavy atom. The molecule has 1 aliphatic rings. The SMILES string of the molecule is Cc1ccc(N(C(=O)Cn2nnc(-c3cccs3)n2)[C@@H](C(=O)NC2CCCC2)c2ccc(F)cc2)cc1. The first-order chi connectivity index (χ1) is 18.0. The molecular formula is C27H27FN6O2S. The number of nitrogens with one attached hydrogen (secondary N) is 1. The minimum absolute atomic E-state index is 0.0516. The third kappa shape index (κ3) is 5.75. The maximum atomic E-state index is 13.9. The number of carbonyl (C=O) groups is 2. The van der Waals surface area contributed by atoms with E-state index in [9.17, 15) is 14.0 Å². The molecule has 5 rings (SSSR count). The summed E-state index contributed by atoms with van der Waals surface area (Å²) in [4.78, 5) is 31.1. The minimum Gasteiger partial charge on any atom is -0.351 e. The van der Waals surface area contributed by atoms with Gasteiger partial charge in [0.25, 0.3) is 5.91 Å². The molecule has 1 fully saturated rings. The van der Waals surface area contributed by atoms with Crippen molar-refractivity contribution >= 4 is 28.8 Å². The van der Waals surface area contributed by atoms with Crippen molar-refractivity contribution in [3.63, 3.8) is 0 Å². The molecule has 1 saturated carbocycles. The zero-order valence-electron chi connectivity index (χ0n) is 20.4. The largest absolute Gasteiger partial charge is 0.351 e. The van der Waals surface area contributed by atoms with Crippen molar-refractivity contribution in [1.82, 2.24) is 25.5 Å². The predicted octanol–water partition coefficient (Wildman–Crippen LogP) is 4.68. The molecular weight excluding hydrogens is 491 g/mol. The van der Waals surface area contributed by atoms with Crippen LogP contribution in [-0.2, 0) is 16.1 Å². The number of amides is 2. The number of hydrogen-bond acceptors (Lipinski definition) is 6. The molecule has 0 aliphatic heterocycles. The lowest BCUT2D eigenvalue weighted by atomic mass is 10.0. The lowest BCUT2D eigenvalue weighted by Gasteiger charge is -2.32. The van der Waals surface area contributed by atoms with E-state index in [2.05, 4.69) is 20.7 Å². The summed E-state index contributed by atoms with van der Waals surface area (Å²) in [6.45, 7) is 1.73. The fourth-order valence-electron chi connectivity index (χ4n) is 4.57. The molecule has 0 unspecified atom stereocenters. The number of benzene rings is 2. The van der Waals surface area contributed by atoms with E-state index in [4.69, 9.17) is 0 Å². The fraction of sp³-hybridized carbons (Fsp3) is 0.296. The van der Waals surface area contributed by atoms with E-state index in [0.29, 0.717) is 17.1 Å². The molecule has 2 aromatic heterocycles. The molecule has 1 atom stereocenters. The third-order valence-corrected chi connectivity index (χ3v) is 7.31. The zero-order chi connectivity index (χ0) is 25.8. The van der Waals surface area contributed by atoms with E-state index in [1.165, 1.54) is 33.2 Å². The minimum atomic E-state index is -1.00. The Balaban J connectivity index is 1.51. The van der Waals surface area contributed by atoms with E-state index in [1.54, 1.807) is 24.3 Å². The fourth-order valence-corrected chi connectivity index (χ4v) is 5.22. The van der Waals surface area contributed by atoms with Gasteiger partial charge in [-0.15, -0.1) is 21.5 Å². The summed E-state index contributed by atoms with van der Waals surface area (Å²) in [5.74, 6) is -0.688. The summed E-state index contributed by atoms with van der Waals surface area (Å²) in [5.41, 5.74) is 2.07. The Kier molecular flexibility index (Phi) is 7.36. The number of aryl methyl sites for hydroxylation is 1. The average Bonchev–Trinajstić information content (AvgIpc) is 3.67. The number of rotatable bonds is 8.